The van der Waals surface area contributed by atoms with Crippen molar-refractivity contribution >= 4 is 23.1 Å². The lowest BCUT2D eigenvalue weighted by molar-refractivity contribution is 0.415. The third kappa shape index (κ3) is 4.04. The number of halogens is 1. The standard InChI is InChI=1S/C22H23ClN4O/c1-16-15-21(25-22(24-16)17-3-5-18(23)6-4-17)27-13-11-26(12-14-27)19-7-9-20(28-2)10-8-19/h3-10,15H,11-14H2,1-2H3. The molecule has 0 bridgehead atoms. The Bertz CT molecular complexity index is 936. The van der Waals surface area contributed by atoms with E-state index in [2.05, 4.69) is 33.0 Å². The number of rotatable bonds is 4. The summed E-state index contributed by atoms with van der Waals surface area (Å²) in [5, 5.41) is 0.714. The summed E-state index contributed by atoms with van der Waals surface area (Å²) in [6.07, 6.45) is 0. The second kappa shape index (κ2) is 8.07. The Kier molecular flexibility index (Phi) is 5.35. The molecule has 0 spiro atoms. The van der Waals surface area contributed by atoms with E-state index in [1.54, 1.807) is 7.11 Å². The summed E-state index contributed by atoms with van der Waals surface area (Å²) >= 11 is 6.00. The molecule has 4 rings (SSSR count). The fourth-order valence-corrected chi connectivity index (χ4v) is 3.55. The second-order valence-electron chi connectivity index (χ2n) is 6.87. The van der Waals surface area contributed by atoms with Crippen LogP contribution < -0.4 is 14.5 Å². The van der Waals surface area contributed by atoms with Crippen molar-refractivity contribution in [3.63, 3.8) is 0 Å². The molecule has 0 amide bonds. The van der Waals surface area contributed by atoms with E-state index in [1.807, 2.05) is 43.3 Å². The Morgan fingerprint density at radius 2 is 1.50 bits per heavy atom. The van der Waals surface area contributed by atoms with Crippen molar-refractivity contribution in [2.75, 3.05) is 43.1 Å². The molecule has 1 aliphatic heterocycles. The zero-order valence-corrected chi connectivity index (χ0v) is 16.9. The lowest BCUT2D eigenvalue weighted by atomic mass is 10.2. The minimum Gasteiger partial charge on any atom is -0.497 e. The van der Waals surface area contributed by atoms with Crippen LogP contribution in [0.4, 0.5) is 11.5 Å². The van der Waals surface area contributed by atoms with E-state index in [0.29, 0.717) is 5.02 Å². The van der Waals surface area contributed by atoms with Crippen molar-refractivity contribution in [1.82, 2.24) is 9.97 Å². The molecule has 3 aromatic rings. The van der Waals surface area contributed by atoms with Gasteiger partial charge in [0.15, 0.2) is 5.82 Å². The van der Waals surface area contributed by atoms with Crippen molar-refractivity contribution in [3.05, 3.63) is 65.3 Å². The van der Waals surface area contributed by atoms with E-state index in [9.17, 15) is 0 Å². The molecule has 1 aliphatic rings. The third-order valence-corrected chi connectivity index (χ3v) is 5.24. The molecule has 28 heavy (non-hydrogen) atoms. The Hall–Kier alpha value is -2.79. The fraction of sp³-hybridized carbons (Fsp3) is 0.273. The lowest BCUT2D eigenvalue weighted by Gasteiger charge is -2.37. The first-order valence-electron chi connectivity index (χ1n) is 9.38. The minimum atomic E-state index is 0.714. The highest BCUT2D eigenvalue weighted by Crippen LogP contribution is 2.25. The molecule has 0 atom stereocenters. The van der Waals surface area contributed by atoms with Gasteiger partial charge in [-0.05, 0) is 55.5 Å². The van der Waals surface area contributed by atoms with Gasteiger partial charge in [0.25, 0.3) is 0 Å². The number of hydrogen-bond donors (Lipinski definition) is 0. The summed E-state index contributed by atoms with van der Waals surface area (Å²) in [7, 11) is 1.69. The summed E-state index contributed by atoms with van der Waals surface area (Å²) in [6, 6.07) is 18.0. The van der Waals surface area contributed by atoms with Gasteiger partial charge >= 0.3 is 0 Å². The van der Waals surface area contributed by atoms with Gasteiger partial charge in [-0.25, -0.2) is 9.97 Å². The Morgan fingerprint density at radius 1 is 0.857 bits per heavy atom. The highest BCUT2D eigenvalue weighted by Gasteiger charge is 2.19. The van der Waals surface area contributed by atoms with Crippen LogP contribution in [0.2, 0.25) is 5.02 Å². The number of ether oxygens (including phenoxy) is 1. The van der Waals surface area contributed by atoms with Crippen molar-refractivity contribution < 1.29 is 4.74 Å². The van der Waals surface area contributed by atoms with Gasteiger partial charge in [-0.15, -0.1) is 0 Å². The van der Waals surface area contributed by atoms with E-state index >= 15 is 0 Å². The molecule has 0 aliphatic carbocycles. The second-order valence-corrected chi connectivity index (χ2v) is 7.31. The Balaban J connectivity index is 1.49. The summed E-state index contributed by atoms with van der Waals surface area (Å²) in [5.74, 6) is 2.60. The molecule has 0 N–H and O–H groups in total. The van der Waals surface area contributed by atoms with E-state index in [1.165, 1.54) is 5.69 Å². The summed E-state index contributed by atoms with van der Waals surface area (Å²) in [6.45, 7) is 5.75. The predicted octanol–water partition coefficient (Wildman–Crippen LogP) is 4.44. The van der Waals surface area contributed by atoms with Crippen LogP contribution in [0.25, 0.3) is 11.4 Å². The average molecular weight is 395 g/mol. The molecule has 0 saturated carbocycles. The van der Waals surface area contributed by atoms with Crippen LogP contribution in [-0.2, 0) is 0 Å². The van der Waals surface area contributed by atoms with Crippen LogP contribution in [-0.4, -0.2) is 43.3 Å². The minimum absolute atomic E-state index is 0.714. The normalized spacial score (nSPS) is 14.2. The van der Waals surface area contributed by atoms with Crippen LogP contribution in [0.3, 0.4) is 0 Å². The van der Waals surface area contributed by atoms with Crippen LogP contribution in [0.1, 0.15) is 5.69 Å². The molecular weight excluding hydrogens is 372 g/mol. The molecule has 5 nitrogen and oxygen atoms in total. The molecule has 1 saturated heterocycles. The number of hydrogen-bond acceptors (Lipinski definition) is 5. The molecular formula is C22H23ClN4O. The summed E-state index contributed by atoms with van der Waals surface area (Å²) in [5.41, 5.74) is 3.17. The largest absolute Gasteiger partial charge is 0.497 e. The molecule has 0 unspecified atom stereocenters. The zero-order chi connectivity index (χ0) is 19.5. The SMILES string of the molecule is COc1ccc(N2CCN(c3cc(C)nc(-c4ccc(Cl)cc4)n3)CC2)cc1. The molecule has 6 heteroatoms. The number of aryl methyl sites for hydroxylation is 1. The lowest BCUT2D eigenvalue weighted by Crippen LogP contribution is -2.46. The topological polar surface area (TPSA) is 41.5 Å². The van der Waals surface area contributed by atoms with Crippen LogP contribution in [0.15, 0.2) is 54.6 Å². The van der Waals surface area contributed by atoms with Gasteiger partial charge in [0.1, 0.15) is 11.6 Å². The summed E-state index contributed by atoms with van der Waals surface area (Å²) < 4.78 is 5.25. The molecule has 1 fully saturated rings. The average Bonchev–Trinajstić information content (AvgIpc) is 2.74. The first-order valence-corrected chi connectivity index (χ1v) is 9.76. The summed E-state index contributed by atoms with van der Waals surface area (Å²) in [4.78, 5) is 14.1. The predicted molar refractivity (Wildman–Crippen MR) is 115 cm³/mol. The van der Waals surface area contributed by atoms with E-state index in [4.69, 9.17) is 21.3 Å². The van der Waals surface area contributed by atoms with Gasteiger partial charge in [0, 0.05) is 54.2 Å². The molecule has 2 heterocycles. The van der Waals surface area contributed by atoms with Crippen LogP contribution in [0, 0.1) is 6.92 Å². The molecule has 1 aromatic heterocycles. The number of anilines is 2. The smallest absolute Gasteiger partial charge is 0.161 e. The number of aromatic nitrogens is 2. The third-order valence-electron chi connectivity index (χ3n) is 4.98. The van der Waals surface area contributed by atoms with Crippen molar-refractivity contribution in [3.8, 4) is 17.1 Å². The zero-order valence-electron chi connectivity index (χ0n) is 16.1. The van der Waals surface area contributed by atoms with E-state index < -0.39 is 0 Å². The monoisotopic (exact) mass is 394 g/mol. The maximum absolute atomic E-state index is 6.00. The Labute approximate surface area is 170 Å². The van der Waals surface area contributed by atoms with Gasteiger partial charge < -0.3 is 14.5 Å². The number of benzene rings is 2. The molecule has 0 radical (unpaired) electrons. The van der Waals surface area contributed by atoms with Gasteiger partial charge in [-0.1, -0.05) is 11.6 Å². The first kappa shape index (κ1) is 18.6. The van der Waals surface area contributed by atoms with Gasteiger partial charge in [0.05, 0.1) is 7.11 Å². The van der Waals surface area contributed by atoms with Gasteiger partial charge in [0.2, 0.25) is 0 Å². The van der Waals surface area contributed by atoms with Crippen LogP contribution in [0.5, 0.6) is 5.75 Å². The first-order chi connectivity index (χ1) is 13.6. The van der Waals surface area contributed by atoms with E-state index in [0.717, 1.165) is 54.8 Å². The number of nitrogens with zero attached hydrogens (tertiary/aromatic N) is 4. The van der Waals surface area contributed by atoms with Crippen molar-refractivity contribution in [1.29, 1.82) is 0 Å². The Morgan fingerprint density at radius 3 is 2.14 bits per heavy atom. The van der Waals surface area contributed by atoms with Gasteiger partial charge in [-0.2, -0.15) is 0 Å². The highest BCUT2D eigenvalue weighted by molar-refractivity contribution is 6.30. The number of piperazine rings is 1. The number of methoxy groups -OCH3 is 1. The van der Waals surface area contributed by atoms with Crippen LogP contribution >= 0.6 is 11.6 Å². The fourth-order valence-electron chi connectivity index (χ4n) is 3.43. The van der Waals surface area contributed by atoms with E-state index in [-0.39, 0.29) is 0 Å². The van der Waals surface area contributed by atoms with Crippen molar-refractivity contribution in [2.45, 2.75) is 6.92 Å². The maximum Gasteiger partial charge on any atom is 0.161 e. The maximum atomic E-state index is 6.00. The molecule has 144 valence electrons. The van der Waals surface area contributed by atoms with Crippen molar-refractivity contribution in [2.24, 2.45) is 0 Å². The van der Waals surface area contributed by atoms with Gasteiger partial charge in [-0.3, -0.25) is 0 Å². The quantitative estimate of drug-likeness (QED) is 0.654. The molecule has 2 aromatic carbocycles. The highest BCUT2D eigenvalue weighted by atomic mass is 35.5.